The topological polar surface area (TPSA) is 29.1 Å². The second-order valence-corrected chi connectivity index (χ2v) is 4.37. The molecule has 5 heteroatoms. The zero-order chi connectivity index (χ0) is 14.7. The van der Waals surface area contributed by atoms with Gasteiger partial charge in [-0.25, -0.2) is 13.2 Å². The molecule has 0 saturated carbocycles. The fourth-order valence-corrected chi connectivity index (χ4v) is 1.78. The Hall–Kier alpha value is -2.30. The van der Waals surface area contributed by atoms with Crippen molar-refractivity contribution in [2.45, 2.75) is 13.0 Å². The maximum atomic E-state index is 13.5. The van der Waals surface area contributed by atoms with E-state index < -0.39 is 23.6 Å². The highest BCUT2D eigenvalue weighted by molar-refractivity contribution is 5.94. The van der Waals surface area contributed by atoms with Gasteiger partial charge in [0, 0.05) is 6.07 Å². The van der Waals surface area contributed by atoms with Crippen molar-refractivity contribution in [1.82, 2.24) is 5.32 Å². The van der Waals surface area contributed by atoms with E-state index in [0.717, 1.165) is 12.1 Å². The van der Waals surface area contributed by atoms with E-state index >= 15 is 0 Å². The number of hydrogen-bond donors (Lipinski definition) is 1. The number of halogens is 3. The maximum absolute atomic E-state index is 13.5. The van der Waals surface area contributed by atoms with Crippen molar-refractivity contribution in [2.24, 2.45) is 0 Å². The fraction of sp³-hybridized carbons (Fsp3) is 0.133. The quantitative estimate of drug-likeness (QED) is 0.914. The highest BCUT2D eigenvalue weighted by atomic mass is 19.1. The molecular weight excluding hydrogens is 267 g/mol. The van der Waals surface area contributed by atoms with E-state index in [1.807, 2.05) is 0 Å². The Bertz CT molecular complexity index is 626. The summed E-state index contributed by atoms with van der Waals surface area (Å²) in [6, 6.07) is 7.93. The number of benzene rings is 2. The smallest absolute Gasteiger partial charge is 0.254 e. The normalized spacial score (nSPS) is 12.0. The molecule has 1 atom stereocenters. The Morgan fingerprint density at radius 3 is 2.20 bits per heavy atom. The third-order valence-corrected chi connectivity index (χ3v) is 2.89. The minimum atomic E-state index is -0.922. The maximum Gasteiger partial charge on any atom is 0.254 e. The van der Waals surface area contributed by atoms with Gasteiger partial charge in [-0.1, -0.05) is 12.1 Å². The average molecular weight is 279 g/mol. The molecule has 0 saturated heterocycles. The zero-order valence-electron chi connectivity index (χ0n) is 10.7. The van der Waals surface area contributed by atoms with Crippen LogP contribution in [0, 0.1) is 17.5 Å². The molecular formula is C15H12F3NO. The Labute approximate surface area is 114 Å². The van der Waals surface area contributed by atoms with Gasteiger partial charge < -0.3 is 5.32 Å². The number of nitrogens with one attached hydrogen (secondary N) is 1. The molecule has 2 rings (SSSR count). The highest BCUT2D eigenvalue weighted by Gasteiger charge is 2.15. The van der Waals surface area contributed by atoms with Crippen LogP contribution in [0.4, 0.5) is 13.2 Å². The Morgan fingerprint density at radius 1 is 1.00 bits per heavy atom. The van der Waals surface area contributed by atoms with E-state index in [1.54, 1.807) is 6.92 Å². The van der Waals surface area contributed by atoms with E-state index in [-0.39, 0.29) is 11.4 Å². The second kappa shape index (κ2) is 5.77. The molecule has 0 aliphatic carbocycles. The van der Waals surface area contributed by atoms with Crippen LogP contribution in [0.1, 0.15) is 28.9 Å². The molecule has 0 bridgehead atoms. The van der Waals surface area contributed by atoms with Gasteiger partial charge in [-0.15, -0.1) is 0 Å². The molecule has 0 aliphatic heterocycles. The number of amides is 1. The van der Waals surface area contributed by atoms with Gasteiger partial charge in [0.1, 0.15) is 17.5 Å². The summed E-state index contributed by atoms with van der Waals surface area (Å²) in [5.74, 6) is -2.70. The fourth-order valence-electron chi connectivity index (χ4n) is 1.78. The van der Waals surface area contributed by atoms with Crippen LogP contribution >= 0.6 is 0 Å². The highest BCUT2D eigenvalue weighted by Crippen LogP contribution is 2.15. The molecule has 0 fully saturated rings. The third-order valence-electron chi connectivity index (χ3n) is 2.89. The molecule has 20 heavy (non-hydrogen) atoms. The van der Waals surface area contributed by atoms with Crippen LogP contribution < -0.4 is 5.32 Å². The van der Waals surface area contributed by atoms with Crippen LogP contribution in [-0.2, 0) is 0 Å². The number of hydrogen-bond acceptors (Lipinski definition) is 1. The molecule has 2 aromatic carbocycles. The van der Waals surface area contributed by atoms with Gasteiger partial charge in [0.25, 0.3) is 5.91 Å². The van der Waals surface area contributed by atoms with Crippen LogP contribution in [0.3, 0.4) is 0 Å². The largest absolute Gasteiger partial charge is 0.345 e. The van der Waals surface area contributed by atoms with Crippen LogP contribution in [-0.4, -0.2) is 5.91 Å². The van der Waals surface area contributed by atoms with E-state index in [0.29, 0.717) is 11.6 Å². The second-order valence-electron chi connectivity index (χ2n) is 4.37. The monoisotopic (exact) mass is 279 g/mol. The van der Waals surface area contributed by atoms with Gasteiger partial charge in [0.05, 0.1) is 11.6 Å². The van der Waals surface area contributed by atoms with Crippen molar-refractivity contribution in [3.63, 3.8) is 0 Å². The van der Waals surface area contributed by atoms with Gasteiger partial charge in [-0.2, -0.15) is 0 Å². The van der Waals surface area contributed by atoms with E-state index in [9.17, 15) is 18.0 Å². The SMILES string of the molecule is C[C@@H](NC(=O)c1ccc(F)cc1F)c1ccc(F)cc1. The molecule has 104 valence electrons. The molecule has 1 N–H and O–H groups in total. The summed E-state index contributed by atoms with van der Waals surface area (Å²) in [5, 5.41) is 2.57. The molecule has 2 nitrogen and oxygen atoms in total. The van der Waals surface area contributed by atoms with E-state index in [2.05, 4.69) is 5.32 Å². The lowest BCUT2D eigenvalue weighted by molar-refractivity contribution is 0.0935. The van der Waals surface area contributed by atoms with Crippen molar-refractivity contribution in [2.75, 3.05) is 0 Å². The first-order chi connectivity index (χ1) is 9.47. The van der Waals surface area contributed by atoms with Crippen LogP contribution in [0.15, 0.2) is 42.5 Å². The summed E-state index contributed by atoms with van der Waals surface area (Å²) in [6.45, 7) is 1.69. The predicted molar refractivity (Wildman–Crippen MR) is 68.6 cm³/mol. The van der Waals surface area contributed by atoms with Crippen molar-refractivity contribution in [1.29, 1.82) is 0 Å². The first-order valence-corrected chi connectivity index (χ1v) is 5.99. The Morgan fingerprint density at radius 2 is 1.60 bits per heavy atom. The van der Waals surface area contributed by atoms with Crippen molar-refractivity contribution in [3.05, 3.63) is 71.0 Å². The molecule has 0 spiro atoms. The molecule has 0 aliphatic rings. The first-order valence-electron chi connectivity index (χ1n) is 5.99. The third kappa shape index (κ3) is 3.17. The van der Waals surface area contributed by atoms with Crippen molar-refractivity contribution >= 4 is 5.91 Å². The lowest BCUT2D eigenvalue weighted by Crippen LogP contribution is -2.27. The molecule has 1 amide bonds. The summed E-state index contributed by atoms with van der Waals surface area (Å²) in [4.78, 5) is 11.9. The summed E-state index contributed by atoms with van der Waals surface area (Å²) >= 11 is 0. The lowest BCUT2D eigenvalue weighted by Gasteiger charge is -2.14. The van der Waals surface area contributed by atoms with E-state index in [4.69, 9.17) is 0 Å². The molecule has 2 aromatic rings. The van der Waals surface area contributed by atoms with Gasteiger partial charge >= 0.3 is 0 Å². The molecule has 0 heterocycles. The minimum absolute atomic E-state index is 0.236. The van der Waals surface area contributed by atoms with Gasteiger partial charge in [-0.3, -0.25) is 4.79 Å². The van der Waals surface area contributed by atoms with Crippen LogP contribution in [0.25, 0.3) is 0 Å². The predicted octanol–water partition coefficient (Wildman–Crippen LogP) is 3.59. The molecule has 0 radical (unpaired) electrons. The van der Waals surface area contributed by atoms with Gasteiger partial charge in [-0.05, 0) is 36.8 Å². The molecule has 0 aromatic heterocycles. The summed E-state index contributed by atoms with van der Waals surface area (Å²) in [5.41, 5.74) is 0.447. The summed E-state index contributed by atoms with van der Waals surface area (Å²) < 4.78 is 39.0. The first kappa shape index (κ1) is 14.1. The Balaban J connectivity index is 2.13. The average Bonchev–Trinajstić information content (AvgIpc) is 2.39. The lowest BCUT2D eigenvalue weighted by atomic mass is 10.1. The number of carbonyl (C=O) groups is 1. The van der Waals surface area contributed by atoms with Crippen molar-refractivity contribution < 1.29 is 18.0 Å². The number of carbonyl (C=O) groups excluding carboxylic acids is 1. The molecule has 0 unspecified atom stereocenters. The number of rotatable bonds is 3. The minimum Gasteiger partial charge on any atom is -0.345 e. The van der Waals surface area contributed by atoms with Crippen molar-refractivity contribution in [3.8, 4) is 0 Å². The summed E-state index contributed by atoms with van der Waals surface area (Å²) in [7, 11) is 0. The van der Waals surface area contributed by atoms with Crippen LogP contribution in [0.5, 0.6) is 0 Å². The standard InChI is InChI=1S/C15H12F3NO/c1-9(10-2-4-11(16)5-3-10)19-15(20)13-7-6-12(17)8-14(13)18/h2-9H,1H3,(H,19,20)/t9-/m1/s1. The van der Waals surface area contributed by atoms with Crippen LogP contribution in [0.2, 0.25) is 0 Å². The van der Waals surface area contributed by atoms with Gasteiger partial charge in [0.15, 0.2) is 0 Å². The van der Waals surface area contributed by atoms with E-state index in [1.165, 1.54) is 24.3 Å². The van der Waals surface area contributed by atoms with Gasteiger partial charge in [0.2, 0.25) is 0 Å². The Kier molecular flexibility index (Phi) is 4.08. The zero-order valence-corrected chi connectivity index (χ0v) is 10.7. The summed E-state index contributed by atoms with van der Waals surface area (Å²) in [6.07, 6.45) is 0.